The molecule has 1 amide bonds. The van der Waals surface area contributed by atoms with Gasteiger partial charge in [0.15, 0.2) is 0 Å². The first-order chi connectivity index (χ1) is 9.49. The highest BCUT2D eigenvalue weighted by atomic mass is 16.6. The van der Waals surface area contributed by atoms with E-state index in [1.165, 1.54) is 12.1 Å². The molecule has 2 rings (SSSR count). The number of aromatic carboxylic acids is 1. The van der Waals surface area contributed by atoms with Gasteiger partial charge in [0.1, 0.15) is 11.8 Å². The lowest BCUT2D eigenvalue weighted by atomic mass is 10.1. The van der Waals surface area contributed by atoms with Crippen molar-refractivity contribution in [2.24, 2.45) is 0 Å². The van der Waals surface area contributed by atoms with Crippen LogP contribution < -0.4 is 5.32 Å². The largest absolute Gasteiger partial charge is 0.478 e. The Morgan fingerprint density at radius 3 is 2.75 bits per heavy atom. The second-order valence-corrected chi connectivity index (χ2v) is 4.29. The summed E-state index contributed by atoms with van der Waals surface area (Å²) in [6.45, 7) is 0.484. The Hall–Kier alpha value is -2.48. The number of nitrogens with one attached hydrogen (secondary N) is 1. The fourth-order valence-electron chi connectivity index (χ4n) is 1.92. The fourth-order valence-corrected chi connectivity index (χ4v) is 1.92. The van der Waals surface area contributed by atoms with Crippen LogP contribution in [0, 0.1) is 10.1 Å². The fraction of sp³-hybridized carbons (Fsp3) is 0.333. The summed E-state index contributed by atoms with van der Waals surface area (Å²) in [6.07, 6.45) is 0.707. The smallest absolute Gasteiger partial charge is 0.335 e. The topological polar surface area (TPSA) is 119 Å². The average molecular weight is 280 g/mol. The van der Waals surface area contributed by atoms with Gasteiger partial charge in [0.25, 0.3) is 11.6 Å². The van der Waals surface area contributed by atoms with E-state index in [9.17, 15) is 19.7 Å². The Labute approximate surface area is 113 Å². The zero-order valence-corrected chi connectivity index (χ0v) is 10.4. The maximum absolute atomic E-state index is 11.8. The van der Waals surface area contributed by atoms with Gasteiger partial charge < -0.3 is 15.2 Å². The molecule has 8 nitrogen and oxygen atoms in total. The van der Waals surface area contributed by atoms with E-state index < -0.39 is 28.6 Å². The highest BCUT2D eigenvalue weighted by molar-refractivity contribution is 5.97. The van der Waals surface area contributed by atoms with Crippen molar-refractivity contribution in [3.8, 4) is 0 Å². The summed E-state index contributed by atoms with van der Waals surface area (Å²) in [6, 6.07) is 3.31. The maximum atomic E-state index is 11.8. The number of carbonyl (C=O) groups excluding carboxylic acids is 1. The Morgan fingerprint density at radius 1 is 1.45 bits per heavy atom. The van der Waals surface area contributed by atoms with Crippen molar-refractivity contribution in [3.05, 3.63) is 33.9 Å². The van der Waals surface area contributed by atoms with Gasteiger partial charge in [-0.3, -0.25) is 14.9 Å². The third kappa shape index (κ3) is 2.91. The molecule has 0 aromatic heterocycles. The van der Waals surface area contributed by atoms with Crippen molar-refractivity contribution >= 4 is 23.3 Å². The van der Waals surface area contributed by atoms with Gasteiger partial charge in [-0.1, -0.05) is 0 Å². The van der Waals surface area contributed by atoms with Crippen molar-refractivity contribution in [1.82, 2.24) is 0 Å². The molecule has 2 N–H and O–H groups in total. The first-order valence-corrected chi connectivity index (χ1v) is 5.93. The first kappa shape index (κ1) is 13.9. The van der Waals surface area contributed by atoms with Gasteiger partial charge in [0.05, 0.1) is 10.5 Å². The van der Waals surface area contributed by atoms with Gasteiger partial charge >= 0.3 is 5.97 Å². The highest BCUT2D eigenvalue weighted by Gasteiger charge is 2.26. The predicted molar refractivity (Wildman–Crippen MR) is 67.7 cm³/mol. The van der Waals surface area contributed by atoms with Crippen molar-refractivity contribution in [2.75, 3.05) is 11.9 Å². The molecule has 0 saturated carbocycles. The van der Waals surface area contributed by atoms with Crippen molar-refractivity contribution in [1.29, 1.82) is 0 Å². The number of carboxylic acid groups (broad SMARTS) is 1. The third-order valence-electron chi connectivity index (χ3n) is 2.92. The Kier molecular flexibility index (Phi) is 3.94. The van der Waals surface area contributed by atoms with E-state index in [1.54, 1.807) is 0 Å². The van der Waals surface area contributed by atoms with Crippen molar-refractivity contribution in [3.63, 3.8) is 0 Å². The molecule has 1 heterocycles. The molecular formula is C12H12N2O6. The van der Waals surface area contributed by atoms with Gasteiger partial charge in [-0.2, -0.15) is 0 Å². The van der Waals surface area contributed by atoms with Crippen molar-refractivity contribution in [2.45, 2.75) is 18.9 Å². The number of hydrogen-bond acceptors (Lipinski definition) is 5. The van der Waals surface area contributed by atoms with E-state index in [0.29, 0.717) is 13.0 Å². The molecule has 1 aromatic rings. The Bertz CT molecular complexity index is 565. The van der Waals surface area contributed by atoms with Crippen LogP contribution in [0.5, 0.6) is 0 Å². The van der Waals surface area contributed by atoms with Gasteiger partial charge in [-0.05, 0) is 25.0 Å². The number of nitro groups is 1. The maximum Gasteiger partial charge on any atom is 0.335 e. The number of benzene rings is 1. The molecule has 0 bridgehead atoms. The van der Waals surface area contributed by atoms with E-state index in [-0.39, 0.29) is 11.3 Å². The van der Waals surface area contributed by atoms with Gasteiger partial charge in [-0.25, -0.2) is 4.79 Å². The lowest BCUT2D eigenvalue weighted by Crippen LogP contribution is -2.27. The lowest BCUT2D eigenvalue weighted by molar-refractivity contribution is -0.384. The number of nitrogens with zero attached hydrogens (tertiary/aromatic N) is 1. The minimum atomic E-state index is -1.27. The number of anilines is 1. The molecule has 20 heavy (non-hydrogen) atoms. The molecule has 1 aliphatic heterocycles. The number of nitro benzene ring substituents is 1. The molecule has 1 atom stereocenters. The molecule has 0 aliphatic carbocycles. The number of carbonyl (C=O) groups is 2. The molecule has 106 valence electrons. The number of amides is 1. The molecule has 8 heteroatoms. The van der Waals surface area contributed by atoms with Crippen LogP contribution in [-0.2, 0) is 9.53 Å². The summed E-state index contributed by atoms with van der Waals surface area (Å²) < 4.78 is 5.17. The van der Waals surface area contributed by atoms with Gasteiger partial charge in [0.2, 0.25) is 0 Å². The van der Waals surface area contributed by atoms with E-state index in [0.717, 1.165) is 12.5 Å². The van der Waals surface area contributed by atoms with Crippen LogP contribution in [0.3, 0.4) is 0 Å². The standard InChI is InChI=1S/C12H12N2O6/c15-11(10-2-1-5-20-10)13-8-4-3-7(12(16)17)6-9(8)14(18)19/h3-4,6,10H,1-2,5H2,(H,13,15)(H,16,17)/t10-/m0/s1. The zero-order valence-electron chi connectivity index (χ0n) is 10.4. The van der Waals surface area contributed by atoms with E-state index >= 15 is 0 Å². The number of hydrogen-bond donors (Lipinski definition) is 2. The van der Waals surface area contributed by atoms with E-state index in [2.05, 4.69) is 5.32 Å². The monoisotopic (exact) mass is 280 g/mol. The predicted octanol–water partition coefficient (Wildman–Crippen LogP) is 1.41. The summed E-state index contributed by atoms with van der Waals surface area (Å²) in [7, 11) is 0. The molecule has 1 aliphatic rings. The van der Waals surface area contributed by atoms with Crippen LogP contribution in [0.15, 0.2) is 18.2 Å². The number of ether oxygens (including phenoxy) is 1. The molecule has 1 saturated heterocycles. The second-order valence-electron chi connectivity index (χ2n) is 4.29. The molecule has 1 fully saturated rings. The summed E-state index contributed by atoms with van der Waals surface area (Å²) in [4.78, 5) is 32.8. The van der Waals surface area contributed by atoms with Crippen LogP contribution in [0.2, 0.25) is 0 Å². The molecule has 0 unspecified atom stereocenters. The summed E-state index contributed by atoms with van der Waals surface area (Å²) >= 11 is 0. The molecule has 1 aromatic carbocycles. The molecule has 0 spiro atoms. The first-order valence-electron chi connectivity index (χ1n) is 5.93. The highest BCUT2D eigenvalue weighted by Crippen LogP contribution is 2.26. The van der Waals surface area contributed by atoms with Crippen LogP contribution in [0.25, 0.3) is 0 Å². The van der Waals surface area contributed by atoms with Crippen molar-refractivity contribution < 1.29 is 24.4 Å². The van der Waals surface area contributed by atoms with Gasteiger partial charge in [-0.15, -0.1) is 0 Å². The molecule has 0 radical (unpaired) electrons. The minimum absolute atomic E-state index is 0.0412. The van der Waals surface area contributed by atoms with Crippen LogP contribution in [0.4, 0.5) is 11.4 Å². The Morgan fingerprint density at radius 2 is 2.20 bits per heavy atom. The van der Waals surface area contributed by atoms with Crippen LogP contribution in [-0.4, -0.2) is 34.6 Å². The minimum Gasteiger partial charge on any atom is -0.478 e. The molecular weight excluding hydrogens is 268 g/mol. The summed E-state index contributed by atoms with van der Waals surface area (Å²) in [5.41, 5.74) is -0.719. The average Bonchev–Trinajstić information content (AvgIpc) is 2.92. The summed E-state index contributed by atoms with van der Waals surface area (Å²) in [5, 5.41) is 22.1. The van der Waals surface area contributed by atoms with Crippen LogP contribution in [0.1, 0.15) is 23.2 Å². The SMILES string of the molecule is O=C(O)c1ccc(NC(=O)[C@@H]2CCCO2)c([N+](=O)[O-])c1. The van der Waals surface area contributed by atoms with E-state index in [4.69, 9.17) is 9.84 Å². The van der Waals surface area contributed by atoms with Crippen LogP contribution >= 0.6 is 0 Å². The lowest BCUT2D eigenvalue weighted by Gasteiger charge is -2.10. The number of carboxylic acids is 1. The quantitative estimate of drug-likeness (QED) is 0.635. The van der Waals surface area contributed by atoms with E-state index in [1.807, 2.05) is 0 Å². The third-order valence-corrected chi connectivity index (χ3v) is 2.92. The zero-order chi connectivity index (χ0) is 14.7. The summed E-state index contributed by atoms with van der Waals surface area (Å²) in [5.74, 6) is -1.74. The second kappa shape index (κ2) is 5.66. The Balaban J connectivity index is 2.24. The number of rotatable bonds is 4. The normalized spacial score (nSPS) is 17.7. The van der Waals surface area contributed by atoms with Gasteiger partial charge in [0, 0.05) is 12.7 Å².